The molecule has 1 aromatic carbocycles. The number of rotatable bonds is 5. The van der Waals surface area contributed by atoms with Crippen molar-refractivity contribution in [3.8, 4) is 0 Å². The van der Waals surface area contributed by atoms with Crippen LogP contribution in [0.1, 0.15) is 39.4 Å². The van der Waals surface area contributed by atoms with E-state index in [1.807, 2.05) is 43.0 Å². The van der Waals surface area contributed by atoms with Crippen LogP contribution in [0.3, 0.4) is 0 Å². The summed E-state index contributed by atoms with van der Waals surface area (Å²) in [5.74, 6) is 0.985. The Balaban J connectivity index is 2.25. The van der Waals surface area contributed by atoms with Gasteiger partial charge in [0.25, 0.3) is 0 Å². The van der Waals surface area contributed by atoms with Crippen LogP contribution in [-0.4, -0.2) is 20.8 Å². The Kier molecular flexibility index (Phi) is 3.78. The normalized spacial score (nSPS) is 11.6. The highest BCUT2D eigenvalue weighted by atomic mass is 16.7. The Labute approximate surface area is 124 Å². The first kappa shape index (κ1) is 13.9. The van der Waals surface area contributed by atoms with Crippen LogP contribution in [0.4, 0.5) is 0 Å². The maximum Gasteiger partial charge on any atom is 0.146 e. The van der Waals surface area contributed by atoms with E-state index in [2.05, 4.69) is 18.0 Å². The van der Waals surface area contributed by atoms with Gasteiger partial charge in [0, 0.05) is 11.8 Å². The van der Waals surface area contributed by atoms with Crippen molar-refractivity contribution in [2.45, 2.75) is 46.1 Å². The quantitative estimate of drug-likeness (QED) is 0.715. The third-order valence-corrected chi connectivity index (χ3v) is 3.48. The molecule has 0 saturated carbocycles. The van der Waals surface area contributed by atoms with Crippen LogP contribution in [-0.2, 0) is 6.42 Å². The molecule has 3 aromatic rings. The van der Waals surface area contributed by atoms with Gasteiger partial charge in [0.15, 0.2) is 0 Å². The number of unbranched alkanes of at least 4 members (excludes halogenated alkanes) is 1. The fourth-order valence-electron chi connectivity index (χ4n) is 2.54. The minimum atomic E-state index is 0.106. The van der Waals surface area contributed by atoms with E-state index in [1.54, 1.807) is 0 Å². The molecule has 3 rings (SSSR count). The topological polar surface area (TPSA) is 39.9 Å². The van der Waals surface area contributed by atoms with Crippen LogP contribution in [0.2, 0.25) is 0 Å². The van der Waals surface area contributed by atoms with Crippen LogP contribution in [0.25, 0.3) is 21.9 Å². The monoisotopic (exact) mass is 283 g/mol. The van der Waals surface area contributed by atoms with E-state index in [9.17, 15) is 0 Å². The number of nitrogens with zero attached hydrogens (tertiary/aromatic N) is 3. The number of hydrogen-bond acceptors (Lipinski definition) is 3. The zero-order chi connectivity index (χ0) is 14.8. The van der Waals surface area contributed by atoms with Gasteiger partial charge in [0.05, 0.1) is 11.7 Å². The standard InChI is InChI=1S/C17H21N3O/c1-4-5-10-16-19-15-11-18-14-9-7-6-8-13(14)17(15)20(16)21-12(2)3/h6-9,11-12H,4-5,10H2,1-3H3. The van der Waals surface area contributed by atoms with Crippen LogP contribution in [0, 0.1) is 0 Å². The van der Waals surface area contributed by atoms with Crippen molar-refractivity contribution >= 4 is 21.9 Å². The number of hydrogen-bond donors (Lipinski definition) is 0. The van der Waals surface area contributed by atoms with Crippen LogP contribution >= 0.6 is 0 Å². The first-order valence-corrected chi connectivity index (χ1v) is 7.63. The Bertz CT molecular complexity index is 761. The molecular weight excluding hydrogens is 262 g/mol. The SMILES string of the molecule is CCCCc1nc2cnc3ccccc3c2n1OC(C)C. The number of pyridine rings is 1. The Hall–Kier alpha value is -2.10. The van der Waals surface area contributed by atoms with E-state index in [0.717, 1.165) is 47.0 Å². The molecule has 0 amide bonds. The number of benzene rings is 1. The molecule has 4 heteroatoms. The van der Waals surface area contributed by atoms with Gasteiger partial charge in [0.1, 0.15) is 23.0 Å². The molecule has 2 aromatic heterocycles. The summed E-state index contributed by atoms with van der Waals surface area (Å²) < 4.78 is 1.92. The molecule has 0 aliphatic heterocycles. The molecular formula is C17H21N3O. The average molecular weight is 283 g/mol. The zero-order valence-corrected chi connectivity index (χ0v) is 12.8. The van der Waals surface area contributed by atoms with Crippen molar-refractivity contribution in [3.05, 3.63) is 36.3 Å². The Morgan fingerprint density at radius 3 is 2.76 bits per heavy atom. The molecule has 21 heavy (non-hydrogen) atoms. The van der Waals surface area contributed by atoms with Crippen LogP contribution in [0.5, 0.6) is 0 Å². The number of fused-ring (bicyclic) bond motifs is 3. The molecule has 0 fully saturated rings. The van der Waals surface area contributed by atoms with Crippen LogP contribution < -0.4 is 4.84 Å². The second-order valence-electron chi connectivity index (χ2n) is 5.59. The molecule has 0 N–H and O–H groups in total. The lowest BCUT2D eigenvalue weighted by Crippen LogP contribution is -2.21. The molecule has 0 spiro atoms. The summed E-state index contributed by atoms with van der Waals surface area (Å²) in [7, 11) is 0. The van der Waals surface area contributed by atoms with Gasteiger partial charge in [-0.3, -0.25) is 4.98 Å². The van der Waals surface area contributed by atoms with Crippen molar-refractivity contribution in [1.29, 1.82) is 0 Å². The summed E-state index contributed by atoms with van der Waals surface area (Å²) in [5.41, 5.74) is 2.90. The molecule has 0 bridgehead atoms. The van der Waals surface area contributed by atoms with E-state index in [-0.39, 0.29) is 6.10 Å². The molecule has 0 unspecified atom stereocenters. The summed E-state index contributed by atoms with van der Waals surface area (Å²) in [6.07, 6.45) is 5.12. The van der Waals surface area contributed by atoms with Gasteiger partial charge in [-0.1, -0.05) is 31.5 Å². The van der Waals surface area contributed by atoms with E-state index in [1.165, 1.54) is 0 Å². The molecule has 4 nitrogen and oxygen atoms in total. The van der Waals surface area contributed by atoms with Crippen molar-refractivity contribution in [3.63, 3.8) is 0 Å². The zero-order valence-electron chi connectivity index (χ0n) is 12.8. The number of aromatic nitrogens is 3. The fourth-order valence-corrected chi connectivity index (χ4v) is 2.54. The van der Waals surface area contributed by atoms with Gasteiger partial charge >= 0.3 is 0 Å². The van der Waals surface area contributed by atoms with E-state index in [4.69, 9.17) is 9.82 Å². The molecule has 110 valence electrons. The molecule has 0 aliphatic carbocycles. The molecule has 0 atom stereocenters. The molecule has 0 radical (unpaired) electrons. The van der Waals surface area contributed by atoms with Gasteiger partial charge in [-0.15, -0.1) is 0 Å². The van der Waals surface area contributed by atoms with Crippen LogP contribution in [0.15, 0.2) is 30.5 Å². The Morgan fingerprint density at radius 2 is 2.00 bits per heavy atom. The smallest absolute Gasteiger partial charge is 0.146 e. The fraction of sp³-hybridized carbons (Fsp3) is 0.412. The molecule has 2 heterocycles. The predicted octanol–water partition coefficient (Wildman–Crippen LogP) is 3.76. The summed E-state index contributed by atoms with van der Waals surface area (Å²) in [5, 5.41) is 1.09. The first-order chi connectivity index (χ1) is 10.2. The molecule has 0 saturated heterocycles. The third kappa shape index (κ3) is 2.58. The highest BCUT2D eigenvalue weighted by Crippen LogP contribution is 2.24. The van der Waals surface area contributed by atoms with E-state index in [0.29, 0.717) is 0 Å². The van der Waals surface area contributed by atoms with Gasteiger partial charge < -0.3 is 4.84 Å². The van der Waals surface area contributed by atoms with Crippen molar-refractivity contribution < 1.29 is 4.84 Å². The van der Waals surface area contributed by atoms with Gasteiger partial charge in [0.2, 0.25) is 0 Å². The minimum Gasteiger partial charge on any atom is -0.409 e. The van der Waals surface area contributed by atoms with Gasteiger partial charge in [-0.25, -0.2) is 4.98 Å². The average Bonchev–Trinajstić information content (AvgIpc) is 2.82. The summed E-state index contributed by atoms with van der Waals surface area (Å²) in [6, 6.07) is 8.13. The number of para-hydroxylation sites is 1. The lowest BCUT2D eigenvalue weighted by atomic mass is 10.2. The second-order valence-corrected chi connectivity index (χ2v) is 5.59. The van der Waals surface area contributed by atoms with Crippen molar-refractivity contribution in [1.82, 2.24) is 14.7 Å². The maximum absolute atomic E-state index is 6.03. The first-order valence-electron chi connectivity index (χ1n) is 7.63. The predicted molar refractivity (Wildman–Crippen MR) is 85.4 cm³/mol. The lowest BCUT2D eigenvalue weighted by Gasteiger charge is -2.14. The maximum atomic E-state index is 6.03. The summed E-state index contributed by atoms with van der Waals surface area (Å²) in [6.45, 7) is 6.27. The van der Waals surface area contributed by atoms with Gasteiger partial charge in [-0.05, 0) is 26.3 Å². The number of aryl methyl sites for hydroxylation is 1. The van der Waals surface area contributed by atoms with Crippen molar-refractivity contribution in [2.24, 2.45) is 0 Å². The lowest BCUT2D eigenvalue weighted by molar-refractivity contribution is 0.0620. The largest absolute Gasteiger partial charge is 0.409 e. The summed E-state index contributed by atoms with van der Waals surface area (Å²) >= 11 is 0. The summed E-state index contributed by atoms with van der Waals surface area (Å²) in [4.78, 5) is 15.3. The van der Waals surface area contributed by atoms with E-state index < -0.39 is 0 Å². The number of imidazole rings is 1. The van der Waals surface area contributed by atoms with Gasteiger partial charge in [-0.2, -0.15) is 4.73 Å². The van der Waals surface area contributed by atoms with E-state index >= 15 is 0 Å². The Morgan fingerprint density at radius 1 is 1.19 bits per heavy atom. The minimum absolute atomic E-state index is 0.106. The third-order valence-electron chi connectivity index (χ3n) is 3.48. The second kappa shape index (κ2) is 5.72. The molecule has 0 aliphatic rings. The highest BCUT2D eigenvalue weighted by molar-refractivity contribution is 6.02. The highest BCUT2D eigenvalue weighted by Gasteiger charge is 2.15. The van der Waals surface area contributed by atoms with Crippen molar-refractivity contribution in [2.75, 3.05) is 0 Å².